The van der Waals surface area contributed by atoms with Crippen LogP contribution in [0.15, 0.2) is 17.7 Å². The van der Waals surface area contributed by atoms with Crippen LogP contribution >= 0.6 is 0 Å². The molecule has 0 aliphatic carbocycles. The lowest BCUT2D eigenvalue weighted by atomic mass is 10.1. The number of allylic oxidation sites excluding steroid dienone is 1. The first-order valence-corrected chi connectivity index (χ1v) is 4.04. The fourth-order valence-corrected chi connectivity index (χ4v) is 1.02. The van der Waals surface area contributed by atoms with Crippen LogP contribution in [-0.2, 0) is 0 Å². The van der Waals surface area contributed by atoms with E-state index >= 15 is 0 Å². The summed E-state index contributed by atoms with van der Waals surface area (Å²) in [5.74, 6) is -2.01. The maximum absolute atomic E-state index is 13.4. The minimum Gasteiger partial charge on any atom is -0.206 e. The summed E-state index contributed by atoms with van der Waals surface area (Å²) < 4.78 is 26.6. The summed E-state index contributed by atoms with van der Waals surface area (Å²) in [6.07, 6.45) is 0.769. The van der Waals surface area contributed by atoms with Gasteiger partial charge in [-0.05, 0) is 18.2 Å². The van der Waals surface area contributed by atoms with E-state index in [0.29, 0.717) is 0 Å². The Labute approximate surface area is 90.1 Å². The van der Waals surface area contributed by atoms with Crippen molar-refractivity contribution in [3.05, 3.63) is 40.5 Å². The van der Waals surface area contributed by atoms with Crippen LogP contribution < -0.4 is 0 Å². The monoisotopic (exact) mass is 215 g/mol. The van der Waals surface area contributed by atoms with E-state index in [9.17, 15) is 8.78 Å². The minimum atomic E-state index is -1.08. The second-order valence-corrected chi connectivity index (χ2v) is 2.72. The van der Waals surface area contributed by atoms with Gasteiger partial charge in [0, 0.05) is 5.56 Å². The molecule has 1 aromatic carbocycles. The van der Waals surface area contributed by atoms with Crippen LogP contribution in [0.2, 0.25) is 0 Å². The van der Waals surface area contributed by atoms with E-state index in [0.717, 1.165) is 18.2 Å². The summed E-state index contributed by atoms with van der Waals surface area (Å²) >= 11 is 0. The first-order valence-electron chi connectivity index (χ1n) is 4.04. The van der Waals surface area contributed by atoms with Crippen molar-refractivity contribution in [2.45, 2.75) is 0 Å². The molecule has 0 unspecified atom stereocenters. The van der Waals surface area contributed by atoms with Gasteiger partial charge >= 0.3 is 0 Å². The second-order valence-electron chi connectivity index (χ2n) is 2.72. The van der Waals surface area contributed by atoms with Crippen molar-refractivity contribution in [3.8, 4) is 18.2 Å². The maximum atomic E-state index is 13.4. The fraction of sp³-hybridized carbons (Fsp3) is 0. The van der Waals surface area contributed by atoms with E-state index < -0.39 is 22.8 Å². The molecule has 3 nitrogen and oxygen atoms in total. The van der Waals surface area contributed by atoms with Gasteiger partial charge in [-0.15, -0.1) is 0 Å². The first kappa shape index (κ1) is 11.4. The Hall–Kier alpha value is -2.71. The molecule has 0 atom stereocenters. The molecule has 0 aromatic heterocycles. The number of benzene rings is 1. The number of rotatable bonds is 1. The standard InChI is InChI=1S/C11H3F2N3/c12-10-2-1-8(6-16)11(13)9(10)3-7(4-14)5-15/h1-3H. The first-order chi connectivity index (χ1) is 7.63. The normalized spacial score (nSPS) is 8.44. The van der Waals surface area contributed by atoms with Crippen molar-refractivity contribution < 1.29 is 8.78 Å². The largest absolute Gasteiger partial charge is 0.206 e. The summed E-state index contributed by atoms with van der Waals surface area (Å²) in [7, 11) is 0. The van der Waals surface area contributed by atoms with Gasteiger partial charge in [-0.25, -0.2) is 8.78 Å². The zero-order valence-electron chi connectivity index (χ0n) is 7.83. The molecular formula is C11H3F2N3. The Kier molecular flexibility index (Phi) is 3.33. The second kappa shape index (κ2) is 4.68. The van der Waals surface area contributed by atoms with E-state index in [1.807, 2.05) is 0 Å². The topological polar surface area (TPSA) is 71.4 Å². The fourth-order valence-electron chi connectivity index (χ4n) is 1.02. The predicted molar refractivity (Wildman–Crippen MR) is 50.3 cm³/mol. The van der Waals surface area contributed by atoms with Gasteiger partial charge in [0.2, 0.25) is 0 Å². The highest BCUT2D eigenvalue weighted by Crippen LogP contribution is 2.19. The summed E-state index contributed by atoms with van der Waals surface area (Å²) in [6.45, 7) is 0. The van der Waals surface area contributed by atoms with Crippen LogP contribution in [-0.4, -0.2) is 0 Å². The molecular weight excluding hydrogens is 212 g/mol. The third-order valence-electron chi connectivity index (χ3n) is 1.78. The summed E-state index contributed by atoms with van der Waals surface area (Å²) in [6, 6.07) is 6.38. The molecule has 0 aliphatic heterocycles. The predicted octanol–water partition coefficient (Wildman–Crippen LogP) is 2.27. The molecule has 0 saturated carbocycles. The van der Waals surface area contributed by atoms with E-state index in [4.69, 9.17) is 15.8 Å². The van der Waals surface area contributed by atoms with Gasteiger partial charge in [-0.1, -0.05) is 0 Å². The van der Waals surface area contributed by atoms with Crippen molar-refractivity contribution in [2.75, 3.05) is 0 Å². The lowest BCUT2D eigenvalue weighted by molar-refractivity contribution is 0.576. The Bertz CT molecular complexity index is 567. The van der Waals surface area contributed by atoms with Crippen molar-refractivity contribution in [1.29, 1.82) is 15.8 Å². The minimum absolute atomic E-state index is 0.345. The van der Waals surface area contributed by atoms with Crippen molar-refractivity contribution >= 4 is 6.08 Å². The molecule has 0 aliphatic rings. The van der Waals surface area contributed by atoms with Crippen LogP contribution in [0.25, 0.3) is 6.08 Å². The molecule has 0 heterocycles. The van der Waals surface area contributed by atoms with Crippen molar-refractivity contribution in [1.82, 2.24) is 0 Å². The zero-order valence-corrected chi connectivity index (χ0v) is 7.83. The van der Waals surface area contributed by atoms with Crippen molar-refractivity contribution in [3.63, 3.8) is 0 Å². The average molecular weight is 215 g/mol. The van der Waals surface area contributed by atoms with Gasteiger partial charge in [-0.2, -0.15) is 15.8 Å². The van der Waals surface area contributed by atoms with E-state index in [2.05, 4.69) is 0 Å². The summed E-state index contributed by atoms with van der Waals surface area (Å²) in [5.41, 5.74) is -1.34. The number of hydrogen-bond acceptors (Lipinski definition) is 3. The quantitative estimate of drug-likeness (QED) is 0.674. The molecule has 0 amide bonds. The maximum Gasteiger partial charge on any atom is 0.151 e. The third-order valence-corrected chi connectivity index (χ3v) is 1.78. The Morgan fingerprint density at radius 1 is 1.12 bits per heavy atom. The Morgan fingerprint density at radius 2 is 1.75 bits per heavy atom. The van der Waals surface area contributed by atoms with Crippen LogP contribution in [0, 0.1) is 45.6 Å². The molecule has 76 valence electrons. The summed E-state index contributed by atoms with van der Waals surface area (Å²) in [4.78, 5) is 0. The number of hydrogen-bond donors (Lipinski definition) is 0. The lowest BCUT2D eigenvalue weighted by Crippen LogP contribution is -1.93. The number of halogens is 2. The smallest absolute Gasteiger partial charge is 0.151 e. The van der Waals surface area contributed by atoms with Gasteiger partial charge in [0.15, 0.2) is 5.82 Å². The molecule has 0 radical (unpaired) electrons. The molecule has 0 bridgehead atoms. The Morgan fingerprint density at radius 3 is 2.25 bits per heavy atom. The lowest BCUT2D eigenvalue weighted by Gasteiger charge is -2.00. The van der Waals surface area contributed by atoms with E-state index in [1.165, 1.54) is 18.2 Å². The zero-order chi connectivity index (χ0) is 12.1. The molecule has 16 heavy (non-hydrogen) atoms. The molecule has 5 heteroatoms. The molecule has 1 aromatic rings. The van der Waals surface area contributed by atoms with Gasteiger partial charge in [0.25, 0.3) is 0 Å². The highest BCUT2D eigenvalue weighted by atomic mass is 19.1. The Balaban J connectivity index is 3.48. The molecule has 0 fully saturated rings. The molecule has 0 N–H and O–H groups in total. The average Bonchev–Trinajstić information content (AvgIpc) is 2.30. The van der Waals surface area contributed by atoms with Gasteiger partial charge in [-0.3, -0.25) is 0 Å². The highest BCUT2D eigenvalue weighted by Gasteiger charge is 2.12. The van der Waals surface area contributed by atoms with E-state index in [-0.39, 0.29) is 5.56 Å². The number of nitrogens with zero attached hydrogens (tertiary/aromatic N) is 3. The third kappa shape index (κ3) is 2.03. The molecule has 0 spiro atoms. The van der Waals surface area contributed by atoms with Crippen LogP contribution in [0.4, 0.5) is 8.78 Å². The number of nitriles is 3. The van der Waals surface area contributed by atoms with Gasteiger partial charge in [0.1, 0.15) is 29.6 Å². The van der Waals surface area contributed by atoms with Crippen LogP contribution in [0.3, 0.4) is 0 Å². The molecule has 1 rings (SSSR count). The van der Waals surface area contributed by atoms with Gasteiger partial charge in [0.05, 0.1) is 5.56 Å². The van der Waals surface area contributed by atoms with Crippen LogP contribution in [0.1, 0.15) is 11.1 Å². The van der Waals surface area contributed by atoms with E-state index in [1.54, 1.807) is 0 Å². The van der Waals surface area contributed by atoms with Gasteiger partial charge < -0.3 is 0 Å². The van der Waals surface area contributed by atoms with Crippen LogP contribution in [0.5, 0.6) is 0 Å². The molecule has 0 saturated heterocycles. The SMILES string of the molecule is N#CC(C#N)=Cc1c(F)ccc(C#N)c1F. The highest BCUT2D eigenvalue weighted by molar-refractivity contribution is 5.64. The van der Waals surface area contributed by atoms with Crippen molar-refractivity contribution in [2.24, 2.45) is 0 Å². The summed E-state index contributed by atoms with van der Waals surface area (Å²) in [5, 5.41) is 25.4.